The van der Waals surface area contributed by atoms with Crippen molar-refractivity contribution in [3.8, 4) is 0 Å². The van der Waals surface area contributed by atoms with E-state index in [1.54, 1.807) is 12.5 Å². The van der Waals surface area contributed by atoms with Crippen LogP contribution in [0.1, 0.15) is 30.8 Å². The average molecular weight is 254 g/mol. The summed E-state index contributed by atoms with van der Waals surface area (Å²) in [5, 5.41) is 4.82. The van der Waals surface area contributed by atoms with Crippen LogP contribution in [0.4, 0.5) is 0 Å². The zero-order valence-electron chi connectivity index (χ0n) is 9.77. The van der Waals surface area contributed by atoms with Crippen LogP contribution in [0.5, 0.6) is 0 Å². The Morgan fingerprint density at radius 3 is 3.06 bits per heavy atom. The summed E-state index contributed by atoms with van der Waals surface area (Å²) in [5.41, 5.74) is 7.05. The van der Waals surface area contributed by atoms with Crippen molar-refractivity contribution in [2.75, 3.05) is 0 Å². The van der Waals surface area contributed by atoms with E-state index in [9.17, 15) is 0 Å². The van der Waals surface area contributed by atoms with Crippen molar-refractivity contribution >= 4 is 11.6 Å². The topological polar surface area (TPSA) is 57.0 Å². The van der Waals surface area contributed by atoms with Gasteiger partial charge in [-0.3, -0.25) is 4.68 Å². The Bertz CT molecular complexity index is 464. The third kappa shape index (κ3) is 2.70. The van der Waals surface area contributed by atoms with Crippen LogP contribution in [0, 0.1) is 0 Å². The van der Waals surface area contributed by atoms with Gasteiger partial charge in [-0.1, -0.05) is 11.6 Å². The first kappa shape index (κ1) is 12.2. The van der Waals surface area contributed by atoms with Gasteiger partial charge in [-0.15, -0.1) is 0 Å². The molecule has 0 fully saturated rings. The Labute approximate surface area is 105 Å². The molecular formula is C12H16ClN3O. The summed E-state index contributed by atoms with van der Waals surface area (Å²) >= 11 is 6.09. The largest absolute Gasteiger partial charge is 0.469 e. The Morgan fingerprint density at radius 2 is 2.41 bits per heavy atom. The second-order valence-corrected chi connectivity index (χ2v) is 4.33. The SMILES string of the molecule is CCn1ncc(Cl)c1C(N)CCc1ccco1. The van der Waals surface area contributed by atoms with E-state index in [-0.39, 0.29) is 6.04 Å². The van der Waals surface area contributed by atoms with Crippen molar-refractivity contribution in [2.24, 2.45) is 5.73 Å². The van der Waals surface area contributed by atoms with Crippen LogP contribution >= 0.6 is 11.6 Å². The third-order valence-corrected chi connectivity index (χ3v) is 3.06. The summed E-state index contributed by atoms with van der Waals surface area (Å²) in [7, 11) is 0. The zero-order chi connectivity index (χ0) is 12.3. The minimum absolute atomic E-state index is 0.116. The predicted molar refractivity (Wildman–Crippen MR) is 66.9 cm³/mol. The lowest BCUT2D eigenvalue weighted by atomic mass is 10.1. The van der Waals surface area contributed by atoms with Gasteiger partial charge < -0.3 is 10.2 Å². The second-order valence-electron chi connectivity index (χ2n) is 3.92. The molecule has 0 bridgehead atoms. The van der Waals surface area contributed by atoms with E-state index in [2.05, 4.69) is 5.10 Å². The van der Waals surface area contributed by atoms with Gasteiger partial charge >= 0.3 is 0 Å². The van der Waals surface area contributed by atoms with Crippen molar-refractivity contribution in [3.63, 3.8) is 0 Å². The molecule has 0 spiro atoms. The predicted octanol–water partition coefficient (Wildman–Crippen LogP) is 2.78. The molecule has 1 unspecified atom stereocenters. The van der Waals surface area contributed by atoms with E-state index in [1.165, 1.54) is 0 Å². The number of aryl methyl sites for hydroxylation is 2. The first-order chi connectivity index (χ1) is 8.22. The van der Waals surface area contributed by atoms with Crippen LogP contribution in [0.15, 0.2) is 29.0 Å². The van der Waals surface area contributed by atoms with Gasteiger partial charge in [-0.2, -0.15) is 5.10 Å². The van der Waals surface area contributed by atoms with Gasteiger partial charge in [0.25, 0.3) is 0 Å². The molecule has 1 atom stereocenters. The highest BCUT2D eigenvalue weighted by atomic mass is 35.5. The molecule has 5 heteroatoms. The van der Waals surface area contributed by atoms with Crippen LogP contribution in [-0.4, -0.2) is 9.78 Å². The third-order valence-electron chi connectivity index (χ3n) is 2.77. The fourth-order valence-corrected chi connectivity index (χ4v) is 2.16. The lowest BCUT2D eigenvalue weighted by Crippen LogP contribution is -2.17. The number of hydrogen-bond acceptors (Lipinski definition) is 3. The highest BCUT2D eigenvalue weighted by molar-refractivity contribution is 6.31. The molecule has 0 saturated carbocycles. The van der Waals surface area contributed by atoms with Gasteiger partial charge in [0.05, 0.1) is 23.2 Å². The Hall–Kier alpha value is -1.26. The maximum Gasteiger partial charge on any atom is 0.103 e. The molecular weight excluding hydrogens is 238 g/mol. The van der Waals surface area contributed by atoms with Gasteiger partial charge in [-0.25, -0.2) is 0 Å². The molecule has 0 saturated heterocycles. The van der Waals surface area contributed by atoms with Gasteiger partial charge in [0.2, 0.25) is 0 Å². The lowest BCUT2D eigenvalue weighted by Gasteiger charge is -2.13. The van der Waals surface area contributed by atoms with Crippen molar-refractivity contribution in [2.45, 2.75) is 32.4 Å². The summed E-state index contributed by atoms with van der Waals surface area (Å²) in [6.07, 6.45) is 4.91. The van der Waals surface area contributed by atoms with Crippen LogP contribution in [0.3, 0.4) is 0 Å². The number of furan rings is 1. The standard InChI is InChI=1S/C12H16ClN3O/c1-2-16-12(10(13)8-15-16)11(14)6-5-9-4-3-7-17-9/h3-4,7-8,11H,2,5-6,14H2,1H3. The van der Waals surface area contributed by atoms with E-state index in [4.69, 9.17) is 21.8 Å². The molecule has 92 valence electrons. The number of rotatable bonds is 5. The van der Waals surface area contributed by atoms with Crippen molar-refractivity contribution < 1.29 is 4.42 Å². The van der Waals surface area contributed by atoms with Gasteiger partial charge in [0, 0.05) is 19.0 Å². The van der Waals surface area contributed by atoms with Crippen molar-refractivity contribution in [1.82, 2.24) is 9.78 Å². The fraction of sp³-hybridized carbons (Fsp3) is 0.417. The van der Waals surface area contributed by atoms with E-state index < -0.39 is 0 Å². The van der Waals surface area contributed by atoms with Crippen LogP contribution in [0.25, 0.3) is 0 Å². The van der Waals surface area contributed by atoms with Crippen molar-refractivity contribution in [1.29, 1.82) is 0 Å². The molecule has 0 radical (unpaired) electrons. The number of nitrogens with zero attached hydrogens (tertiary/aromatic N) is 2. The number of nitrogens with two attached hydrogens (primary N) is 1. The highest BCUT2D eigenvalue weighted by Gasteiger charge is 2.16. The molecule has 2 aromatic heterocycles. The Kier molecular flexibility index (Phi) is 3.86. The van der Waals surface area contributed by atoms with Gasteiger partial charge in [-0.05, 0) is 25.5 Å². The first-order valence-electron chi connectivity index (χ1n) is 5.71. The maximum absolute atomic E-state index is 6.15. The van der Waals surface area contributed by atoms with Gasteiger partial charge in [0.15, 0.2) is 0 Å². The van der Waals surface area contributed by atoms with E-state index in [0.29, 0.717) is 5.02 Å². The van der Waals surface area contributed by atoms with Gasteiger partial charge in [0.1, 0.15) is 5.76 Å². The Morgan fingerprint density at radius 1 is 1.59 bits per heavy atom. The minimum Gasteiger partial charge on any atom is -0.469 e. The zero-order valence-corrected chi connectivity index (χ0v) is 10.5. The molecule has 0 amide bonds. The molecule has 0 aliphatic rings. The van der Waals surface area contributed by atoms with E-state index >= 15 is 0 Å². The number of aromatic nitrogens is 2. The summed E-state index contributed by atoms with van der Waals surface area (Å²) < 4.78 is 7.12. The molecule has 17 heavy (non-hydrogen) atoms. The van der Waals surface area contributed by atoms with Crippen LogP contribution in [-0.2, 0) is 13.0 Å². The first-order valence-corrected chi connectivity index (χ1v) is 6.09. The molecule has 0 aliphatic heterocycles. The maximum atomic E-state index is 6.15. The average Bonchev–Trinajstić information content (AvgIpc) is 2.94. The number of hydrogen-bond donors (Lipinski definition) is 1. The molecule has 2 aromatic rings. The fourth-order valence-electron chi connectivity index (χ4n) is 1.88. The molecule has 4 nitrogen and oxygen atoms in total. The summed E-state index contributed by atoms with van der Waals surface area (Å²) in [5.74, 6) is 0.944. The quantitative estimate of drug-likeness (QED) is 0.891. The molecule has 0 aliphatic carbocycles. The number of halogens is 1. The summed E-state index contributed by atoms with van der Waals surface area (Å²) in [4.78, 5) is 0. The monoisotopic (exact) mass is 253 g/mol. The van der Waals surface area contributed by atoms with Crippen LogP contribution < -0.4 is 5.73 Å². The van der Waals surface area contributed by atoms with E-state index in [1.807, 2.05) is 23.7 Å². The second kappa shape index (κ2) is 5.38. The molecule has 2 rings (SSSR count). The lowest BCUT2D eigenvalue weighted by molar-refractivity contribution is 0.477. The molecule has 2 heterocycles. The minimum atomic E-state index is -0.116. The normalized spacial score (nSPS) is 12.9. The van der Waals surface area contributed by atoms with Crippen molar-refractivity contribution in [3.05, 3.63) is 41.1 Å². The highest BCUT2D eigenvalue weighted by Crippen LogP contribution is 2.24. The van der Waals surface area contributed by atoms with E-state index in [0.717, 1.165) is 30.8 Å². The Balaban J connectivity index is 2.03. The smallest absolute Gasteiger partial charge is 0.103 e. The summed E-state index contributed by atoms with van der Waals surface area (Å²) in [6, 6.07) is 3.71. The molecule has 0 aromatic carbocycles. The summed E-state index contributed by atoms with van der Waals surface area (Å²) in [6.45, 7) is 2.79. The molecule has 2 N–H and O–H groups in total. The van der Waals surface area contributed by atoms with Crippen LogP contribution in [0.2, 0.25) is 5.02 Å².